The predicted molar refractivity (Wildman–Crippen MR) is 175 cm³/mol. The molecule has 0 fully saturated rings. The molecule has 0 unspecified atom stereocenters. The van der Waals surface area contributed by atoms with E-state index in [9.17, 15) is 4.79 Å². The van der Waals surface area contributed by atoms with Crippen molar-refractivity contribution in [2.45, 2.75) is 226 Å². The van der Waals surface area contributed by atoms with Gasteiger partial charge in [0, 0.05) is 6.42 Å². The molecule has 0 aliphatic carbocycles. The van der Waals surface area contributed by atoms with Crippen molar-refractivity contribution in [1.82, 2.24) is 0 Å². The minimum absolute atomic E-state index is 0.0290. The summed E-state index contributed by atoms with van der Waals surface area (Å²) in [5.41, 5.74) is 0. The minimum atomic E-state index is 0.0290. The van der Waals surface area contributed by atoms with Crippen molar-refractivity contribution in [1.29, 1.82) is 0 Å². The van der Waals surface area contributed by atoms with Gasteiger partial charge in [0.2, 0.25) is 0 Å². The summed E-state index contributed by atoms with van der Waals surface area (Å²) in [6, 6.07) is 0. The summed E-state index contributed by atoms with van der Waals surface area (Å²) in [7, 11) is 0. The van der Waals surface area contributed by atoms with Gasteiger partial charge in [0.1, 0.15) is 0 Å². The van der Waals surface area contributed by atoms with Gasteiger partial charge in [0.25, 0.3) is 0 Å². The first-order valence-electron chi connectivity index (χ1n) is 18.5. The van der Waals surface area contributed by atoms with Crippen molar-refractivity contribution in [3.63, 3.8) is 0 Å². The van der Waals surface area contributed by atoms with Crippen molar-refractivity contribution >= 4 is 5.97 Å². The van der Waals surface area contributed by atoms with Gasteiger partial charge in [0.15, 0.2) is 0 Å². The summed E-state index contributed by atoms with van der Waals surface area (Å²) in [5, 5.41) is 0. The van der Waals surface area contributed by atoms with E-state index < -0.39 is 0 Å². The average molecular weight is 551 g/mol. The van der Waals surface area contributed by atoms with Gasteiger partial charge in [-0.3, -0.25) is 4.79 Å². The van der Waals surface area contributed by atoms with E-state index in [1.807, 2.05) is 0 Å². The van der Waals surface area contributed by atoms with Crippen LogP contribution in [-0.2, 0) is 9.53 Å². The first-order chi connectivity index (χ1) is 19.3. The maximum atomic E-state index is 11.9. The zero-order chi connectivity index (χ0) is 28.3. The van der Waals surface area contributed by atoms with Gasteiger partial charge in [0.05, 0.1) is 6.61 Å². The van der Waals surface area contributed by atoms with Crippen LogP contribution in [0, 0.1) is 0 Å². The van der Waals surface area contributed by atoms with Gasteiger partial charge in [-0.1, -0.05) is 206 Å². The molecule has 0 heterocycles. The fourth-order valence-corrected chi connectivity index (χ4v) is 5.73. The van der Waals surface area contributed by atoms with E-state index in [1.165, 1.54) is 193 Å². The molecule has 0 radical (unpaired) electrons. The number of hydrogen-bond donors (Lipinski definition) is 0. The quantitative estimate of drug-likeness (QED) is 0.0588. The Labute approximate surface area is 247 Å². The molecule has 0 aromatic rings. The van der Waals surface area contributed by atoms with Crippen LogP contribution in [0.2, 0.25) is 0 Å². The number of carbonyl (C=O) groups is 1. The Morgan fingerprint density at radius 1 is 0.333 bits per heavy atom. The lowest BCUT2D eigenvalue weighted by Gasteiger charge is -2.06. The van der Waals surface area contributed by atoms with Gasteiger partial charge in [-0.15, -0.1) is 0 Å². The van der Waals surface area contributed by atoms with Crippen LogP contribution in [0.1, 0.15) is 226 Å². The number of carbonyl (C=O) groups excluding carboxylic acids is 1. The van der Waals surface area contributed by atoms with E-state index in [2.05, 4.69) is 13.8 Å². The van der Waals surface area contributed by atoms with E-state index in [4.69, 9.17) is 4.74 Å². The topological polar surface area (TPSA) is 26.3 Å². The Hall–Kier alpha value is -0.530. The Kier molecular flexibility index (Phi) is 35.0. The molecule has 0 aromatic heterocycles. The minimum Gasteiger partial charge on any atom is -0.466 e. The SMILES string of the molecule is CCCCCCCCCCCCCCCCCCCC(=O)OCCCCCCCCCCCCCCCCC. The number of unbranched alkanes of at least 4 members (excludes halogenated alkanes) is 30. The first kappa shape index (κ1) is 38.5. The number of rotatable bonds is 34. The van der Waals surface area contributed by atoms with Crippen LogP contribution in [-0.4, -0.2) is 12.6 Å². The third-order valence-corrected chi connectivity index (χ3v) is 8.50. The molecule has 2 heteroatoms. The molecule has 0 spiro atoms. The van der Waals surface area contributed by atoms with Crippen LogP contribution >= 0.6 is 0 Å². The van der Waals surface area contributed by atoms with Crippen molar-refractivity contribution in [3.8, 4) is 0 Å². The molecular weight excluding hydrogens is 476 g/mol. The lowest BCUT2D eigenvalue weighted by molar-refractivity contribution is -0.143. The summed E-state index contributed by atoms with van der Waals surface area (Å²) in [4.78, 5) is 11.9. The van der Waals surface area contributed by atoms with E-state index >= 15 is 0 Å². The lowest BCUT2D eigenvalue weighted by atomic mass is 10.0. The van der Waals surface area contributed by atoms with Crippen LogP contribution < -0.4 is 0 Å². The zero-order valence-corrected chi connectivity index (χ0v) is 27.4. The van der Waals surface area contributed by atoms with Gasteiger partial charge in [-0.25, -0.2) is 0 Å². The van der Waals surface area contributed by atoms with Crippen LogP contribution in [0.5, 0.6) is 0 Å². The Morgan fingerprint density at radius 2 is 0.564 bits per heavy atom. The smallest absolute Gasteiger partial charge is 0.305 e. The van der Waals surface area contributed by atoms with Gasteiger partial charge >= 0.3 is 5.97 Å². The zero-order valence-electron chi connectivity index (χ0n) is 27.4. The highest BCUT2D eigenvalue weighted by molar-refractivity contribution is 5.69. The van der Waals surface area contributed by atoms with Crippen LogP contribution in [0.3, 0.4) is 0 Å². The van der Waals surface area contributed by atoms with E-state index in [1.54, 1.807) is 0 Å². The predicted octanol–water partition coefficient (Wildman–Crippen LogP) is 13.4. The van der Waals surface area contributed by atoms with Crippen LogP contribution in [0.15, 0.2) is 0 Å². The molecule has 39 heavy (non-hydrogen) atoms. The van der Waals surface area contributed by atoms with Gasteiger partial charge in [-0.2, -0.15) is 0 Å². The molecule has 0 atom stereocenters. The summed E-state index contributed by atoms with van der Waals surface area (Å²) in [6.45, 7) is 5.22. The molecule has 0 N–H and O–H groups in total. The Morgan fingerprint density at radius 3 is 0.846 bits per heavy atom. The molecule has 234 valence electrons. The monoisotopic (exact) mass is 551 g/mol. The van der Waals surface area contributed by atoms with Crippen molar-refractivity contribution in [2.24, 2.45) is 0 Å². The van der Waals surface area contributed by atoms with Crippen LogP contribution in [0.25, 0.3) is 0 Å². The second kappa shape index (κ2) is 35.5. The maximum Gasteiger partial charge on any atom is 0.305 e. The lowest BCUT2D eigenvalue weighted by Crippen LogP contribution is -2.05. The highest BCUT2D eigenvalue weighted by atomic mass is 16.5. The molecule has 0 saturated heterocycles. The molecule has 2 nitrogen and oxygen atoms in total. The molecular formula is C37H74O2. The van der Waals surface area contributed by atoms with Gasteiger partial charge < -0.3 is 4.74 Å². The Balaban J connectivity index is 3.14. The van der Waals surface area contributed by atoms with Crippen molar-refractivity contribution < 1.29 is 9.53 Å². The fraction of sp³-hybridized carbons (Fsp3) is 0.973. The first-order valence-corrected chi connectivity index (χ1v) is 18.5. The van der Waals surface area contributed by atoms with E-state index in [0.29, 0.717) is 13.0 Å². The molecule has 0 rings (SSSR count). The van der Waals surface area contributed by atoms with E-state index in [-0.39, 0.29) is 5.97 Å². The standard InChI is InChI=1S/C37H74O2/c1-3-5-7-9-11-13-15-17-19-20-21-23-25-27-29-31-33-35-37(38)39-36-34-32-30-28-26-24-22-18-16-14-12-10-8-6-4-2/h3-36H2,1-2H3. The highest BCUT2D eigenvalue weighted by Crippen LogP contribution is 2.15. The van der Waals surface area contributed by atoms with Crippen molar-refractivity contribution in [3.05, 3.63) is 0 Å². The van der Waals surface area contributed by atoms with Crippen molar-refractivity contribution in [2.75, 3.05) is 6.61 Å². The molecule has 0 amide bonds. The number of ether oxygens (including phenoxy) is 1. The highest BCUT2D eigenvalue weighted by Gasteiger charge is 2.03. The Bertz CT molecular complexity index is 447. The number of hydrogen-bond acceptors (Lipinski definition) is 2. The molecule has 0 aliphatic heterocycles. The summed E-state index contributed by atoms with van der Waals surface area (Å²) in [5.74, 6) is 0.0290. The third kappa shape index (κ3) is 35.4. The second-order valence-electron chi connectivity index (χ2n) is 12.6. The molecule has 0 aromatic carbocycles. The maximum absolute atomic E-state index is 11.9. The molecule has 0 saturated carbocycles. The number of esters is 1. The van der Waals surface area contributed by atoms with Gasteiger partial charge in [-0.05, 0) is 12.8 Å². The summed E-state index contributed by atoms with van der Waals surface area (Å²) < 4.78 is 5.45. The van der Waals surface area contributed by atoms with Crippen LogP contribution in [0.4, 0.5) is 0 Å². The largest absolute Gasteiger partial charge is 0.466 e. The third-order valence-electron chi connectivity index (χ3n) is 8.50. The fourth-order valence-electron chi connectivity index (χ4n) is 5.73. The normalized spacial score (nSPS) is 11.3. The van der Waals surface area contributed by atoms with E-state index in [0.717, 1.165) is 12.8 Å². The summed E-state index contributed by atoms with van der Waals surface area (Å²) >= 11 is 0. The average Bonchev–Trinajstić information content (AvgIpc) is 2.94. The molecule has 0 bridgehead atoms. The molecule has 0 aliphatic rings. The summed E-state index contributed by atoms with van der Waals surface area (Å²) in [6.07, 6.45) is 44.5. The second-order valence-corrected chi connectivity index (χ2v) is 12.6.